The SMILES string of the molecule is CC(C)(O)Cc1cn2ccc(N=C(c3ccccc3)c3ccccc3)cc2n1. The van der Waals surface area contributed by atoms with Gasteiger partial charge >= 0.3 is 0 Å². The van der Waals surface area contributed by atoms with Crippen LogP contribution in [0.4, 0.5) is 5.69 Å². The summed E-state index contributed by atoms with van der Waals surface area (Å²) >= 11 is 0. The second kappa shape index (κ2) is 7.41. The third kappa shape index (κ3) is 4.18. The van der Waals surface area contributed by atoms with E-state index in [2.05, 4.69) is 29.2 Å². The van der Waals surface area contributed by atoms with Gasteiger partial charge in [0.05, 0.1) is 22.7 Å². The Kier molecular flexibility index (Phi) is 4.80. The number of aliphatic hydroxyl groups is 1. The molecule has 0 unspecified atom stereocenters. The van der Waals surface area contributed by atoms with Crippen LogP contribution in [0.5, 0.6) is 0 Å². The van der Waals surface area contributed by atoms with Gasteiger partial charge < -0.3 is 9.51 Å². The highest BCUT2D eigenvalue weighted by molar-refractivity contribution is 6.13. The molecule has 0 saturated heterocycles. The molecule has 0 aliphatic rings. The lowest BCUT2D eigenvalue weighted by Crippen LogP contribution is -2.21. The van der Waals surface area contributed by atoms with Gasteiger partial charge in [0.15, 0.2) is 0 Å². The van der Waals surface area contributed by atoms with E-state index in [4.69, 9.17) is 4.99 Å². The molecule has 4 heteroatoms. The van der Waals surface area contributed by atoms with Gasteiger partial charge in [0, 0.05) is 36.0 Å². The lowest BCUT2D eigenvalue weighted by Gasteiger charge is -2.14. The first-order chi connectivity index (χ1) is 13.5. The van der Waals surface area contributed by atoms with Crippen LogP contribution in [0.2, 0.25) is 0 Å². The fourth-order valence-corrected chi connectivity index (χ4v) is 3.24. The minimum Gasteiger partial charge on any atom is -0.390 e. The number of rotatable bonds is 5. The summed E-state index contributed by atoms with van der Waals surface area (Å²) in [5.41, 5.74) is 4.80. The molecule has 28 heavy (non-hydrogen) atoms. The summed E-state index contributed by atoms with van der Waals surface area (Å²) in [6, 6.07) is 24.3. The van der Waals surface area contributed by atoms with Crippen molar-refractivity contribution >= 4 is 17.0 Å². The zero-order valence-corrected chi connectivity index (χ0v) is 16.1. The number of pyridine rings is 1. The van der Waals surface area contributed by atoms with E-state index in [1.807, 2.05) is 65.3 Å². The number of aromatic nitrogens is 2. The smallest absolute Gasteiger partial charge is 0.139 e. The Morgan fingerprint density at radius 3 is 2.14 bits per heavy atom. The molecular weight excluding hydrogens is 346 g/mol. The minimum atomic E-state index is -0.785. The predicted molar refractivity (Wildman–Crippen MR) is 113 cm³/mol. The molecule has 1 N–H and O–H groups in total. The van der Waals surface area contributed by atoms with Crippen molar-refractivity contribution in [3.05, 3.63) is 102 Å². The normalized spacial score (nSPS) is 11.5. The molecule has 4 rings (SSSR count). The number of benzene rings is 2. The first-order valence-electron chi connectivity index (χ1n) is 9.37. The van der Waals surface area contributed by atoms with E-state index in [0.29, 0.717) is 6.42 Å². The van der Waals surface area contributed by atoms with Crippen LogP contribution in [-0.4, -0.2) is 25.8 Å². The maximum absolute atomic E-state index is 10.1. The third-order valence-corrected chi connectivity index (χ3v) is 4.44. The number of nitrogens with zero attached hydrogens (tertiary/aromatic N) is 3. The van der Waals surface area contributed by atoms with Crippen LogP contribution in [0.15, 0.2) is 90.2 Å². The van der Waals surface area contributed by atoms with Crippen LogP contribution >= 0.6 is 0 Å². The first kappa shape index (κ1) is 18.1. The van der Waals surface area contributed by atoms with E-state index >= 15 is 0 Å². The fourth-order valence-electron chi connectivity index (χ4n) is 3.24. The highest BCUT2D eigenvalue weighted by atomic mass is 16.3. The average molecular weight is 369 g/mol. The van der Waals surface area contributed by atoms with Gasteiger partial charge in [0.25, 0.3) is 0 Å². The van der Waals surface area contributed by atoms with E-state index in [9.17, 15) is 5.11 Å². The Hall–Kier alpha value is -3.24. The Labute approximate surface area is 164 Å². The zero-order chi connectivity index (χ0) is 19.6. The van der Waals surface area contributed by atoms with Crippen molar-refractivity contribution in [3.8, 4) is 0 Å². The largest absolute Gasteiger partial charge is 0.390 e. The number of hydrogen-bond donors (Lipinski definition) is 1. The summed E-state index contributed by atoms with van der Waals surface area (Å²) in [4.78, 5) is 9.59. The molecule has 2 heterocycles. The summed E-state index contributed by atoms with van der Waals surface area (Å²) in [6.07, 6.45) is 4.42. The molecule has 0 aliphatic heterocycles. The molecule has 2 aromatic heterocycles. The van der Waals surface area contributed by atoms with E-state index in [0.717, 1.165) is 33.9 Å². The van der Waals surface area contributed by atoms with Gasteiger partial charge in [0.1, 0.15) is 5.65 Å². The Morgan fingerprint density at radius 1 is 0.964 bits per heavy atom. The van der Waals surface area contributed by atoms with Crippen molar-refractivity contribution in [2.75, 3.05) is 0 Å². The van der Waals surface area contributed by atoms with Gasteiger partial charge in [-0.3, -0.25) is 0 Å². The topological polar surface area (TPSA) is 49.9 Å². The van der Waals surface area contributed by atoms with Crippen LogP contribution in [0.3, 0.4) is 0 Å². The summed E-state index contributed by atoms with van der Waals surface area (Å²) in [5, 5.41) is 10.1. The molecule has 0 aliphatic carbocycles. The molecule has 0 spiro atoms. The molecule has 0 saturated carbocycles. The Morgan fingerprint density at radius 2 is 1.57 bits per heavy atom. The second-order valence-corrected chi connectivity index (χ2v) is 7.56. The van der Waals surface area contributed by atoms with E-state index < -0.39 is 5.60 Å². The predicted octanol–water partition coefficient (Wildman–Crippen LogP) is 4.82. The molecule has 4 nitrogen and oxygen atoms in total. The standard InChI is InChI=1S/C24H23N3O/c1-24(2,28)16-21-17-27-14-13-20(15-22(27)25-21)26-23(18-9-5-3-6-10-18)19-11-7-4-8-12-19/h3-15,17,28H,16H2,1-2H3. The summed E-state index contributed by atoms with van der Waals surface area (Å²) in [7, 11) is 0. The van der Waals surface area contributed by atoms with E-state index in [1.165, 1.54) is 0 Å². The van der Waals surface area contributed by atoms with Crippen LogP contribution < -0.4 is 0 Å². The maximum atomic E-state index is 10.1. The fraction of sp³-hybridized carbons (Fsp3) is 0.167. The van der Waals surface area contributed by atoms with Crippen LogP contribution in [-0.2, 0) is 6.42 Å². The summed E-state index contributed by atoms with van der Waals surface area (Å²) in [6.45, 7) is 3.58. The number of imidazole rings is 1. The number of fused-ring (bicyclic) bond motifs is 1. The van der Waals surface area contributed by atoms with Gasteiger partial charge in [0.2, 0.25) is 0 Å². The molecule has 0 radical (unpaired) electrons. The van der Waals surface area contributed by atoms with Crippen molar-refractivity contribution in [3.63, 3.8) is 0 Å². The molecule has 0 fully saturated rings. The molecule has 140 valence electrons. The maximum Gasteiger partial charge on any atom is 0.139 e. The summed E-state index contributed by atoms with van der Waals surface area (Å²) < 4.78 is 1.96. The van der Waals surface area contributed by atoms with Gasteiger partial charge in [-0.2, -0.15) is 0 Å². The minimum absolute atomic E-state index is 0.507. The Balaban J connectivity index is 1.77. The lowest BCUT2D eigenvalue weighted by atomic mass is 10.0. The van der Waals surface area contributed by atoms with Crippen molar-refractivity contribution in [1.29, 1.82) is 0 Å². The average Bonchev–Trinajstić information content (AvgIpc) is 3.07. The highest BCUT2D eigenvalue weighted by Gasteiger charge is 2.16. The van der Waals surface area contributed by atoms with Gasteiger partial charge in [-0.25, -0.2) is 9.98 Å². The molecule has 0 bridgehead atoms. The van der Waals surface area contributed by atoms with Crippen molar-refractivity contribution in [2.24, 2.45) is 4.99 Å². The van der Waals surface area contributed by atoms with Crippen molar-refractivity contribution in [2.45, 2.75) is 25.9 Å². The number of hydrogen-bond acceptors (Lipinski definition) is 3. The molecule has 2 aromatic carbocycles. The van der Waals surface area contributed by atoms with Gasteiger partial charge in [-0.1, -0.05) is 60.7 Å². The monoisotopic (exact) mass is 369 g/mol. The molecule has 0 atom stereocenters. The van der Waals surface area contributed by atoms with Crippen molar-refractivity contribution in [1.82, 2.24) is 9.38 Å². The highest BCUT2D eigenvalue weighted by Crippen LogP contribution is 2.21. The third-order valence-electron chi connectivity index (χ3n) is 4.44. The number of aliphatic imine (C=N–C) groups is 1. The second-order valence-electron chi connectivity index (χ2n) is 7.56. The van der Waals surface area contributed by atoms with E-state index in [-0.39, 0.29) is 0 Å². The van der Waals surface area contributed by atoms with Gasteiger partial charge in [-0.05, 0) is 19.9 Å². The van der Waals surface area contributed by atoms with Gasteiger partial charge in [-0.15, -0.1) is 0 Å². The Bertz CT molecular complexity index is 1070. The van der Waals surface area contributed by atoms with Crippen LogP contribution in [0.1, 0.15) is 30.7 Å². The quantitative estimate of drug-likeness (QED) is 0.513. The van der Waals surface area contributed by atoms with Crippen molar-refractivity contribution < 1.29 is 5.11 Å². The first-order valence-corrected chi connectivity index (χ1v) is 9.37. The van der Waals surface area contributed by atoms with E-state index in [1.54, 1.807) is 13.8 Å². The molecular formula is C24H23N3O. The molecule has 4 aromatic rings. The van der Waals surface area contributed by atoms with Crippen LogP contribution in [0.25, 0.3) is 5.65 Å². The summed E-state index contributed by atoms with van der Waals surface area (Å²) in [5.74, 6) is 0. The van der Waals surface area contributed by atoms with Crippen LogP contribution in [0, 0.1) is 0 Å². The zero-order valence-electron chi connectivity index (χ0n) is 16.1. The lowest BCUT2D eigenvalue weighted by molar-refractivity contribution is 0.0801. The molecule has 0 amide bonds.